The van der Waals surface area contributed by atoms with Crippen LogP contribution in [0.3, 0.4) is 0 Å². The van der Waals surface area contributed by atoms with Gasteiger partial charge in [-0.25, -0.2) is 4.39 Å². The molecule has 0 aromatic heterocycles. The number of benzene rings is 3. The number of hydrogen-bond donors (Lipinski definition) is 2. The van der Waals surface area contributed by atoms with Crippen molar-refractivity contribution in [2.24, 2.45) is 0 Å². The van der Waals surface area contributed by atoms with Crippen LogP contribution in [0.5, 0.6) is 5.75 Å². The van der Waals surface area contributed by atoms with E-state index in [1.807, 2.05) is 12.1 Å². The summed E-state index contributed by atoms with van der Waals surface area (Å²) in [6, 6.07) is 19.6. The summed E-state index contributed by atoms with van der Waals surface area (Å²) in [5, 5.41) is 5.63. The van der Waals surface area contributed by atoms with E-state index in [9.17, 15) is 18.8 Å². The van der Waals surface area contributed by atoms with E-state index in [0.29, 0.717) is 36.4 Å². The predicted molar refractivity (Wildman–Crippen MR) is 119 cm³/mol. The van der Waals surface area contributed by atoms with E-state index in [0.717, 1.165) is 11.1 Å². The second kappa shape index (κ2) is 10.9. The van der Waals surface area contributed by atoms with Crippen LogP contribution in [-0.4, -0.2) is 17.8 Å². The Balaban J connectivity index is 1.47. The van der Waals surface area contributed by atoms with Crippen molar-refractivity contribution in [1.29, 1.82) is 0 Å². The highest BCUT2D eigenvalue weighted by molar-refractivity contribution is 6.04. The second-order valence-electron chi connectivity index (χ2n) is 7.18. The Hall–Kier alpha value is -4.00. The van der Waals surface area contributed by atoms with Gasteiger partial charge in [-0.05, 0) is 60.0 Å². The molecule has 0 radical (unpaired) electrons. The summed E-state index contributed by atoms with van der Waals surface area (Å²) in [5.74, 6) is -0.884. The maximum Gasteiger partial charge on any atom is 0.308 e. The lowest BCUT2D eigenvalue weighted by atomic mass is 10.1. The third kappa shape index (κ3) is 7.05. The monoisotopic (exact) mass is 434 g/mol. The molecule has 0 aliphatic heterocycles. The molecule has 3 rings (SSSR count). The molecule has 6 nitrogen and oxygen atoms in total. The van der Waals surface area contributed by atoms with Crippen molar-refractivity contribution in [2.75, 3.05) is 5.32 Å². The third-order valence-electron chi connectivity index (χ3n) is 4.61. The number of carbonyl (C=O) groups is 3. The van der Waals surface area contributed by atoms with Gasteiger partial charge in [-0.3, -0.25) is 14.4 Å². The van der Waals surface area contributed by atoms with E-state index < -0.39 is 5.97 Å². The molecule has 32 heavy (non-hydrogen) atoms. The topological polar surface area (TPSA) is 84.5 Å². The smallest absolute Gasteiger partial charge is 0.308 e. The van der Waals surface area contributed by atoms with Gasteiger partial charge in [-0.2, -0.15) is 0 Å². The quantitative estimate of drug-likeness (QED) is 0.410. The molecule has 0 atom stereocenters. The standard InChI is InChI=1S/C25H23FN2O4/c1-17(29)32-23-4-2-3-20(15-23)25(31)28-22-12-7-19(8-13-22)16-27-24(30)14-9-18-5-10-21(26)11-6-18/h2-8,10-13,15H,9,14,16H2,1H3,(H,27,30)(H,28,31). The fraction of sp³-hybridized carbons (Fsp3) is 0.160. The van der Waals surface area contributed by atoms with Crippen LogP contribution >= 0.6 is 0 Å². The number of amides is 2. The molecule has 2 amide bonds. The number of anilines is 1. The van der Waals surface area contributed by atoms with Crippen LogP contribution in [0.4, 0.5) is 10.1 Å². The van der Waals surface area contributed by atoms with Gasteiger partial charge in [0.15, 0.2) is 0 Å². The molecule has 7 heteroatoms. The van der Waals surface area contributed by atoms with Crippen molar-refractivity contribution in [3.63, 3.8) is 0 Å². The summed E-state index contributed by atoms with van der Waals surface area (Å²) >= 11 is 0. The van der Waals surface area contributed by atoms with Gasteiger partial charge in [0.1, 0.15) is 11.6 Å². The summed E-state index contributed by atoms with van der Waals surface area (Å²) in [4.78, 5) is 35.5. The van der Waals surface area contributed by atoms with Crippen LogP contribution in [0.15, 0.2) is 72.8 Å². The Kier molecular flexibility index (Phi) is 7.70. The first-order valence-electron chi connectivity index (χ1n) is 10.1. The van der Waals surface area contributed by atoms with E-state index in [4.69, 9.17) is 4.74 Å². The van der Waals surface area contributed by atoms with Crippen LogP contribution in [0.2, 0.25) is 0 Å². The van der Waals surface area contributed by atoms with Gasteiger partial charge in [-0.15, -0.1) is 0 Å². The number of nitrogens with one attached hydrogen (secondary N) is 2. The Bertz CT molecular complexity index is 1100. The van der Waals surface area contributed by atoms with Crippen molar-refractivity contribution >= 4 is 23.5 Å². The molecule has 0 saturated carbocycles. The van der Waals surface area contributed by atoms with Gasteiger partial charge in [0.25, 0.3) is 5.91 Å². The molecule has 3 aromatic carbocycles. The zero-order chi connectivity index (χ0) is 22.9. The first kappa shape index (κ1) is 22.7. The van der Waals surface area contributed by atoms with Crippen molar-refractivity contribution < 1.29 is 23.5 Å². The molecular weight excluding hydrogens is 411 g/mol. The highest BCUT2D eigenvalue weighted by Crippen LogP contribution is 2.16. The van der Waals surface area contributed by atoms with Crippen LogP contribution in [0, 0.1) is 5.82 Å². The van der Waals surface area contributed by atoms with Crippen LogP contribution in [-0.2, 0) is 22.6 Å². The first-order valence-corrected chi connectivity index (χ1v) is 10.1. The fourth-order valence-electron chi connectivity index (χ4n) is 2.97. The van der Waals surface area contributed by atoms with E-state index in [1.165, 1.54) is 25.1 Å². The number of hydrogen-bond acceptors (Lipinski definition) is 4. The molecule has 0 unspecified atom stereocenters. The lowest BCUT2D eigenvalue weighted by molar-refractivity contribution is -0.131. The van der Waals surface area contributed by atoms with Gasteiger partial charge in [-0.1, -0.05) is 30.3 Å². The normalized spacial score (nSPS) is 10.3. The fourth-order valence-corrected chi connectivity index (χ4v) is 2.97. The maximum absolute atomic E-state index is 12.9. The lowest BCUT2D eigenvalue weighted by Gasteiger charge is -2.09. The van der Waals surface area contributed by atoms with Gasteiger partial charge in [0.2, 0.25) is 5.91 Å². The predicted octanol–water partition coefficient (Wildman–Crippen LogP) is 4.25. The number of halogens is 1. The Morgan fingerprint density at radius 1 is 0.906 bits per heavy atom. The van der Waals surface area contributed by atoms with Gasteiger partial charge in [0, 0.05) is 31.1 Å². The largest absolute Gasteiger partial charge is 0.427 e. The third-order valence-corrected chi connectivity index (χ3v) is 4.61. The lowest BCUT2D eigenvalue weighted by Crippen LogP contribution is -2.23. The summed E-state index contributed by atoms with van der Waals surface area (Å²) in [7, 11) is 0. The summed E-state index contributed by atoms with van der Waals surface area (Å²) in [6.07, 6.45) is 0.849. The maximum atomic E-state index is 12.9. The van der Waals surface area contributed by atoms with Gasteiger partial charge >= 0.3 is 5.97 Å². The number of rotatable bonds is 8. The highest BCUT2D eigenvalue weighted by Gasteiger charge is 2.09. The highest BCUT2D eigenvalue weighted by atomic mass is 19.1. The number of esters is 1. The van der Waals surface area contributed by atoms with Crippen LogP contribution < -0.4 is 15.4 Å². The van der Waals surface area contributed by atoms with Crippen molar-refractivity contribution in [1.82, 2.24) is 5.32 Å². The molecule has 0 heterocycles. The average Bonchev–Trinajstić information content (AvgIpc) is 2.78. The molecule has 0 spiro atoms. The van der Waals surface area contributed by atoms with Crippen molar-refractivity contribution in [2.45, 2.75) is 26.3 Å². The summed E-state index contributed by atoms with van der Waals surface area (Å²) in [5.41, 5.74) is 2.75. The zero-order valence-electron chi connectivity index (χ0n) is 17.6. The molecule has 0 fully saturated rings. The molecule has 0 aliphatic rings. The second-order valence-corrected chi connectivity index (χ2v) is 7.18. The molecule has 0 bridgehead atoms. The summed E-state index contributed by atoms with van der Waals surface area (Å²) in [6.45, 7) is 1.66. The van der Waals surface area contributed by atoms with E-state index in [1.54, 1.807) is 42.5 Å². The number of carbonyl (C=O) groups excluding carboxylic acids is 3. The Morgan fingerprint density at radius 2 is 1.59 bits per heavy atom. The van der Waals surface area contributed by atoms with Crippen LogP contribution in [0.25, 0.3) is 0 Å². The van der Waals surface area contributed by atoms with E-state index in [-0.39, 0.29) is 17.6 Å². The van der Waals surface area contributed by atoms with E-state index in [2.05, 4.69) is 10.6 Å². The average molecular weight is 434 g/mol. The molecule has 164 valence electrons. The number of aryl methyl sites for hydroxylation is 1. The van der Waals surface area contributed by atoms with Crippen LogP contribution in [0.1, 0.15) is 34.8 Å². The van der Waals surface area contributed by atoms with Gasteiger partial charge < -0.3 is 15.4 Å². The van der Waals surface area contributed by atoms with Crippen molar-refractivity contribution in [3.05, 3.63) is 95.3 Å². The minimum Gasteiger partial charge on any atom is -0.427 e. The SMILES string of the molecule is CC(=O)Oc1cccc(C(=O)Nc2ccc(CNC(=O)CCc3ccc(F)cc3)cc2)c1. The van der Waals surface area contributed by atoms with Crippen molar-refractivity contribution in [3.8, 4) is 5.75 Å². The molecular formula is C25H23FN2O4. The van der Waals surface area contributed by atoms with E-state index >= 15 is 0 Å². The van der Waals surface area contributed by atoms with Gasteiger partial charge in [0.05, 0.1) is 0 Å². The molecule has 0 aliphatic carbocycles. The molecule has 3 aromatic rings. The first-order chi connectivity index (χ1) is 15.4. The Labute approximate surface area is 185 Å². The minimum atomic E-state index is -0.458. The Morgan fingerprint density at radius 3 is 2.28 bits per heavy atom. The number of ether oxygens (including phenoxy) is 1. The molecule has 0 saturated heterocycles. The molecule has 2 N–H and O–H groups in total. The zero-order valence-corrected chi connectivity index (χ0v) is 17.6. The summed E-state index contributed by atoms with van der Waals surface area (Å²) < 4.78 is 17.9. The minimum absolute atomic E-state index is 0.0978.